The van der Waals surface area contributed by atoms with E-state index in [2.05, 4.69) is 0 Å². The normalized spacial score (nSPS) is 4.17. The van der Waals surface area contributed by atoms with E-state index in [9.17, 15) is 0 Å². The summed E-state index contributed by atoms with van der Waals surface area (Å²) in [6, 6.07) is 0. The molecule has 0 saturated heterocycles. The van der Waals surface area contributed by atoms with Crippen LogP contribution in [0.5, 0.6) is 0 Å². The van der Waals surface area contributed by atoms with Gasteiger partial charge in [-0.25, -0.2) is 0 Å². The van der Waals surface area contributed by atoms with Crippen molar-refractivity contribution in [2.45, 2.75) is 0 Å². The van der Waals surface area contributed by atoms with E-state index in [-0.39, 0.29) is 83.9 Å². The van der Waals surface area contributed by atoms with E-state index in [4.69, 9.17) is 11.4 Å². The van der Waals surface area contributed by atoms with Crippen LogP contribution in [0.25, 0.3) is 0 Å². The Balaban J connectivity index is -0.00000000750. The van der Waals surface area contributed by atoms with Crippen molar-refractivity contribution in [1.29, 1.82) is 0 Å². The predicted molar refractivity (Wildman–Crippen MR) is 11.6 cm³/mol. The molecule has 0 spiro atoms. The SMILES string of the molecule is [H-].[H-].[La].[O]=[V](=[O])[OH].[Sr+2]. The average molecular weight is 328 g/mol. The molecular weight excluding hydrogens is 325 g/mol. The minimum absolute atomic E-state index is 0. The third-order valence-electron chi connectivity index (χ3n) is 0. The molecule has 6 heteroatoms. The topological polar surface area (TPSA) is 54.4 Å². The maximum absolute atomic E-state index is 8.67. The van der Waals surface area contributed by atoms with Crippen molar-refractivity contribution >= 4 is 45.5 Å². The summed E-state index contributed by atoms with van der Waals surface area (Å²) >= 11 is -3.69. The van der Waals surface area contributed by atoms with Crippen molar-refractivity contribution in [3.8, 4) is 0 Å². The maximum atomic E-state index is 8.67. The smallest absolute Gasteiger partial charge is 2.00 e. The summed E-state index contributed by atoms with van der Waals surface area (Å²) in [6.07, 6.45) is 0. The monoisotopic (exact) mass is 329 g/mol. The average Bonchev–Trinajstić information content (AvgIpc) is 0.811. The molecule has 0 aliphatic rings. The third-order valence-corrected chi connectivity index (χ3v) is 0. The van der Waals surface area contributed by atoms with Crippen LogP contribution in [0.4, 0.5) is 0 Å². The van der Waals surface area contributed by atoms with Crippen LogP contribution < -0.4 is 0 Å². The first-order valence-electron chi connectivity index (χ1n) is 0.565. The largest absolute Gasteiger partial charge is 2.00 e. The van der Waals surface area contributed by atoms with Gasteiger partial charge in [-0.1, -0.05) is 0 Å². The Bertz CT molecular complexity index is 65.7. The van der Waals surface area contributed by atoms with Gasteiger partial charge in [-0.15, -0.1) is 0 Å². The zero-order valence-electron chi connectivity index (χ0n) is 5.00. The molecule has 1 radical (unpaired) electrons. The van der Waals surface area contributed by atoms with Gasteiger partial charge in [0.2, 0.25) is 0 Å². The summed E-state index contributed by atoms with van der Waals surface area (Å²) in [6.45, 7) is 0. The summed E-state index contributed by atoms with van der Waals surface area (Å²) in [5.74, 6) is 0. The van der Waals surface area contributed by atoms with Gasteiger partial charge in [0.15, 0.2) is 0 Å². The molecule has 0 heterocycles. The standard InChI is InChI=1S/La.H2O.2O.Sr.V.2H/h;1H2;;;;;;/q;;;;+2;+1;2*-1/p-1. The fourth-order valence-corrected chi connectivity index (χ4v) is 0. The Morgan fingerprint density at radius 1 is 1.50 bits per heavy atom. The van der Waals surface area contributed by atoms with Crippen molar-refractivity contribution < 1.29 is 65.2 Å². The molecule has 0 unspecified atom stereocenters. The predicted octanol–water partition coefficient (Wildman–Crippen LogP) is -0.953. The molecule has 0 aliphatic heterocycles. The molecule has 0 rings (SSSR count). The van der Waals surface area contributed by atoms with Gasteiger partial charge in [-0.3, -0.25) is 0 Å². The fourth-order valence-electron chi connectivity index (χ4n) is 0. The molecule has 0 aromatic heterocycles. The molecule has 6 heavy (non-hydrogen) atoms. The minimum Gasteiger partial charge on any atom is 2.00 e. The summed E-state index contributed by atoms with van der Waals surface area (Å²) in [5.41, 5.74) is 0. The summed E-state index contributed by atoms with van der Waals surface area (Å²) in [4.78, 5) is 0. The molecule has 1 N–H and O–H groups in total. The fraction of sp³-hybridized carbons (Fsp3) is 0. The van der Waals surface area contributed by atoms with Gasteiger partial charge in [0.1, 0.15) is 0 Å². The van der Waals surface area contributed by atoms with Gasteiger partial charge in [-0.2, -0.15) is 0 Å². The van der Waals surface area contributed by atoms with Crippen LogP contribution in [0.15, 0.2) is 0 Å². The first-order chi connectivity index (χ1) is 1.73. The first kappa shape index (κ1) is 15.9. The molecule has 0 amide bonds. The zero-order chi connectivity index (χ0) is 3.58. The van der Waals surface area contributed by atoms with Crippen LogP contribution in [-0.2, 0) is 22.7 Å². The molecule has 31 valence electrons. The van der Waals surface area contributed by atoms with Crippen LogP contribution in [0, 0.1) is 35.6 Å². The Morgan fingerprint density at radius 3 is 1.50 bits per heavy atom. The Labute approximate surface area is 108 Å². The molecule has 0 saturated carbocycles. The van der Waals surface area contributed by atoms with E-state index in [1.807, 2.05) is 0 Å². The maximum Gasteiger partial charge on any atom is 2.00 e. The van der Waals surface area contributed by atoms with Crippen LogP contribution >= 0.6 is 0 Å². The van der Waals surface area contributed by atoms with E-state index in [1.54, 1.807) is 0 Å². The van der Waals surface area contributed by atoms with Gasteiger partial charge in [0.25, 0.3) is 0 Å². The van der Waals surface area contributed by atoms with Crippen molar-refractivity contribution in [2.24, 2.45) is 0 Å². The molecule has 0 aromatic rings. The van der Waals surface area contributed by atoms with Crippen LogP contribution in [0.2, 0.25) is 0 Å². The number of hydrogen-bond acceptors (Lipinski definition) is 2. The van der Waals surface area contributed by atoms with E-state index < -0.39 is 15.4 Å². The Hall–Kier alpha value is 2.82. The second kappa shape index (κ2) is 10.7. The number of hydrogen-bond donors (Lipinski definition) is 1. The second-order valence-corrected chi connectivity index (χ2v) is 0.981. The first-order valence-corrected chi connectivity index (χ1v) is 2.33. The van der Waals surface area contributed by atoms with Crippen molar-refractivity contribution in [3.05, 3.63) is 0 Å². The van der Waals surface area contributed by atoms with Gasteiger partial charge in [0.05, 0.1) is 0 Å². The minimum atomic E-state index is -3.69. The van der Waals surface area contributed by atoms with Gasteiger partial charge in [0, 0.05) is 35.6 Å². The van der Waals surface area contributed by atoms with E-state index in [0.717, 1.165) is 0 Å². The van der Waals surface area contributed by atoms with Crippen LogP contribution in [0.3, 0.4) is 0 Å². The molecule has 0 atom stereocenters. The van der Waals surface area contributed by atoms with E-state index >= 15 is 0 Å². The second-order valence-electron chi connectivity index (χ2n) is 0.238. The summed E-state index contributed by atoms with van der Waals surface area (Å²) in [7, 11) is 0. The molecule has 0 fully saturated rings. The summed E-state index contributed by atoms with van der Waals surface area (Å²) in [5, 5.41) is 0. The van der Waals surface area contributed by atoms with Gasteiger partial charge >= 0.3 is 72.3 Å². The van der Waals surface area contributed by atoms with Crippen molar-refractivity contribution in [3.63, 3.8) is 0 Å². The summed E-state index contributed by atoms with van der Waals surface area (Å²) < 4.78 is 24.4. The third kappa shape index (κ3) is 29.1. The Morgan fingerprint density at radius 2 is 1.50 bits per heavy atom. The van der Waals surface area contributed by atoms with Gasteiger partial charge in [-0.05, 0) is 0 Å². The van der Waals surface area contributed by atoms with E-state index in [1.165, 1.54) is 0 Å². The molecule has 3 nitrogen and oxygen atoms in total. The molecular formula is H3LaO3SrV. The van der Waals surface area contributed by atoms with Crippen molar-refractivity contribution in [2.75, 3.05) is 0 Å². The Kier molecular flexibility index (Phi) is 28.5. The molecule has 0 aromatic carbocycles. The van der Waals surface area contributed by atoms with Crippen LogP contribution in [0.1, 0.15) is 2.85 Å². The van der Waals surface area contributed by atoms with E-state index in [0.29, 0.717) is 0 Å². The zero-order valence-corrected chi connectivity index (χ0v) is 11.5. The quantitative estimate of drug-likeness (QED) is 0.583. The molecule has 0 aliphatic carbocycles. The van der Waals surface area contributed by atoms with Gasteiger partial charge < -0.3 is 2.85 Å². The van der Waals surface area contributed by atoms with Crippen molar-refractivity contribution in [1.82, 2.24) is 0 Å². The molecule has 0 bridgehead atoms. The number of rotatable bonds is 0. The van der Waals surface area contributed by atoms with Crippen LogP contribution in [-0.4, -0.2) is 49.5 Å².